The van der Waals surface area contributed by atoms with E-state index in [0.29, 0.717) is 12.6 Å². The number of nitrogens with one attached hydrogen (secondary N) is 1. The van der Waals surface area contributed by atoms with Crippen LogP contribution in [-0.4, -0.2) is 66.1 Å². The average molecular weight is 360 g/mol. The normalized spacial score (nSPS) is 22.0. The summed E-state index contributed by atoms with van der Waals surface area (Å²) in [6, 6.07) is 4.30. The maximum atomic E-state index is 12.6. The fraction of sp³-hybridized carbons (Fsp3) is 0.632. The summed E-state index contributed by atoms with van der Waals surface area (Å²) in [5.74, 6) is 0.171. The van der Waals surface area contributed by atoms with Crippen LogP contribution >= 0.6 is 0 Å². The molecule has 2 saturated heterocycles. The number of aromatic nitrogens is 1. The molecule has 7 heteroatoms. The van der Waals surface area contributed by atoms with E-state index in [1.165, 1.54) is 7.11 Å². The number of hydrogen-bond acceptors (Lipinski definition) is 5. The second kappa shape index (κ2) is 8.98. The zero-order chi connectivity index (χ0) is 18.4. The van der Waals surface area contributed by atoms with Crippen molar-refractivity contribution in [1.82, 2.24) is 20.1 Å². The molecule has 0 unspecified atom stereocenters. The summed E-state index contributed by atoms with van der Waals surface area (Å²) in [6.45, 7) is 3.83. The van der Waals surface area contributed by atoms with Crippen molar-refractivity contribution >= 4 is 12.0 Å². The van der Waals surface area contributed by atoms with Crippen molar-refractivity contribution in [3.8, 4) is 0 Å². The average Bonchev–Trinajstić information content (AvgIpc) is 2.72. The van der Waals surface area contributed by atoms with Gasteiger partial charge in [0.15, 0.2) is 0 Å². The molecule has 0 bridgehead atoms. The fourth-order valence-corrected chi connectivity index (χ4v) is 3.93. The molecule has 3 heterocycles. The zero-order valence-corrected chi connectivity index (χ0v) is 15.4. The van der Waals surface area contributed by atoms with Crippen LogP contribution in [0.4, 0.5) is 4.79 Å². The number of rotatable bonds is 4. The molecule has 1 aromatic rings. The van der Waals surface area contributed by atoms with Crippen LogP contribution in [-0.2, 0) is 16.1 Å². The van der Waals surface area contributed by atoms with E-state index < -0.39 is 0 Å². The number of likely N-dealkylation sites (tertiary alicyclic amines) is 2. The molecule has 0 spiro atoms. The third kappa shape index (κ3) is 4.72. The maximum Gasteiger partial charge on any atom is 0.409 e. The van der Waals surface area contributed by atoms with Crippen LogP contribution in [0.3, 0.4) is 0 Å². The van der Waals surface area contributed by atoms with Crippen molar-refractivity contribution in [2.75, 3.05) is 33.3 Å². The minimum atomic E-state index is -0.241. The molecule has 26 heavy (non-hydrogen) atoms. The zero-order valence-electron chi connectivity index (χ0n) is 15.4. The third-order valence-electron chi connectivity index (χ3n) is 5.43. The number of carbonyl (C=O) groups excluding carboxylic acids is 2. The highest BCUT2D eigenvalue weighted by Gasteiger charge is 2.32. The second-order valence-corrected chi connectivity index (χ2v) is 7.10. The van der Waals surface area contributed by atoms with Gasteiger partial charge in [0, 0.05) is 44.6 Å². The van der Waals surface area contributed by atoms with E-state index >= 15 is 0 Å². The lowest BCUT2D eigenvalue weighted by Crippen LogP contribution is -2.51. The van der Waals surface area contributed by atoms with Gasteiger partial charge < -0.3 is 15.0 Å². The van der Waals surface area contributed by atoms with Crippen molar-refractivity contribution in [2.24, 2.45) is 5.92 Å². The Morgan fingerprint density at radius 3 is 2.77 bits per heavy atom. The first-order valence-electron chi connectivity index (χ1n) is 9.41. The number of amides is 2. The van der Waals surface area contributed by atoms with E-state index in [9.17, 15) is 9.59 Å². The van der Waals surface area contributed by atoms with Crippen LogP contribution < -0.4 is 5.32 Å². The Hall–Kier alpha value is -2.15. The molecule has 142 valence electrons. The number of methoxy groups -OCH3 is 1. The molecular weight excluding hydrogens is 332 g/mol. The van der Waals surface area contributed by atoms with Crippen LogP contribution in [0.25, 0.3) is 0 Å². The summed E-state index contributed by atoms with van der Waals surface area (Å²) in [5.41, 5.74) is 1.02. The molecule has 1 atom stereocenters. The topological polar surface area (TPSA) is 74.8 Å². The van der Waals surface area contributed by atoms with E-state index in [1.54, 1.807) is 17.3 Å². The molecular formula is C19H28N4O3. The van der Waals surface area contributed by atoms with E-state index in [4.69, 9.17) is 4.74 Å². The smallest absolute Gasteiger partial charge is 0.409 e. The fourth-order valence-electron chi connectivity index (χ4n) is 3.93. The van der Waals surface area contributed by atoms with E-state index in [-0.39, 0.29) is 17.9 Å². The number of pyridine rings is 1. The highest BCUT2D eigenvalue weighted by Crippen LogP contribution is 2.24. The van der Waals surface area contributed by atoms with Crippen LogP contribution in [0, 0.1) is 5.92 Å². The molecule has 1 aromatic heterocycles. The second-order valence-electron chi connectivity index (χ2n) is 7.10. The molecule has 0 radical (unpaired) electrons. The van der Waals surface area contributed by atoms with Gasteiger partial charge in [-0.3, -0.25) is 14.7 Å². The number of carbonyl (C=O) groups is 2. The Balaban J connectivity index is 1.46. The van der Waals surface area contributed by atoms with Crippen LogP contribution in [0.2, 0.25) is 0 Å². The molecule has 7 nitrogen and oxygen atoms in total. The Kier molecular flexibility index (Phi) is 6.44. The standard InChI is InChI=1S/C19H28N4O3/c1-26-19(25)22-10-6-17(7-11-22)23-9-3-5-16(14-23)18(24)21-13-15-4-2-8-20-12-15/h2,4,8,12,16-17H,3,5-7,9-11,13-14H2,1H3,(H,21,24)/t16-/m0/s1. The number of ether oxygens (including phenoxy) is 1. The van der Waals surface area contributed by atoms with Gasteiger partial charge in [-0.1, -0.05) is 6.07 Å². The molecule has 2 amide bonds. The van der Waals surface area contributed by atoms with Gasteiger partial charge in [0.05, 0.1) is 13.0 Å². The quantitative estimate of drug-likeness (QED) is 0.884. The van der Waals surface area contributed by atoms with Crippen LogP contribution in [0.15, 0.2) is 24.5 Å². The third-order valence-corrected chi connectivity index (χ3v) is 5.43. The van der Waals surface area contributed by atoms with Gasteiger partial charge in [-0.2, -0.15) is 0 Å². The first-order valence-corrected chi connectivity index (χ1v) is 9.41. The molecule has 3 rings (SSSR count). The first-order chi connectivity index (χ1) is 12.7. The van der Waals surface area contributed by atoms with Gasteiger partial charge in [-0.05, 0) is 43.9 Å². The highest BCUT2D eigenvalue weighted by molar-refractivity contribution is 5.79. The van der Waals surface area contributed by atoms with E-state index in [2.05, 4.69) is 15.2 Å². The predicted octanol–water partition coefficient (Wildman–Crippen LogP) is 1.64. The number of piperidine rings is 2. The minimum Gasteiger partial charge on any atom is -0.453 e. The van der Waals surface area contributed by atoms with Crippen molar-refractivity contribution in [1.29, 1.82) is 0 Å². The first kappa shape index (κ1) is 18.6. The Bertz CT molecular complexity index is 602. The van der Waals surface area contributed by atoms with Crippen molar-refractivity contribution in [3.63, 3.8) is 0 Å². The van der Waals surface area contributed by atoms with Gasteiger partial charge in [0.1, 0.15) is 0 Å². The van der Waals surface area contributed by atoms with Crippen molar-refractivity contribution in [3.05, 3.63) is 30.1 Å². The summed E-state index contributed by atoms with van der Waals surface area (Å²) in [6.07, 6.45) is 7.14. The van der Waals surface area contributed by atoms with E-state index in [1.807, 2.05) is 12.1 Å². The molecule has 2 fully saturated rings. The van der Waals surface area contributed by atoms with Gasteiger partial charge in [0.25, 0.3) is 0 Å². The number of nitrogens with zero attached hydrogens (tertiary/aromatic N) is 3. The lowest BCUT2D eigenvalue weighted by molar-refractivity contribution is -0.127. The summed E-state index contributed by atoms with van der Waals surface area (Å²) < 4.78 is 4.80. The Labute approximate surface area is 154 Å². The Morgan fingerprint density at radius 1 is 1.27 bits per heavy atom. The van der Waals surface area contributed by atoms with Gasteiger partial charge >= 0.3 is 6.09 Å². The lowest BCUT2D eigenvalue weighted by atomic mass is 9.93. The van der Waals surface area contributed by atoms with Crippen molar-refractivity contribution in [2.45, 2.75) is 38.3 Å². The van der Waals surface area contributed by atoms with Crippen LogP contribution in [0.5, 0.6) is 0 Å². The van der Waals surface area contributed by atoms with Crippen LogP contribution in [0.1, 0.15) is 31.2 Å². The number of hydrogen-bond donors (Lipinski definition) is 1. The maximum absolute atomic E-state index is 12.6. The molecule has 1 N–H and O–H groups in total. The predicted molar refractivity (Wildman–Crippen MR) is 97.4 cm³/mol. The summed E-state index contributed by atoms with van der Waals surface area (Å²) in [4.78, 5) is 32.4. The van der Waals surface area contributed by atoms with Crippen molar-refractivity contribution < 1.29 is 14.3 Å². The summed E-state index contributed by atoms with van der Waals surface area (Å²) in [5, 5.41) is 3.05. The molecule has 0 aliphatic carbocycles. The Morgan fingerprint density at radius 2 is 2.08 bits per heavy atom. The summed E-state index contributed by atoms with van der Waals surface area (Å²) >= 11 is 0. The largest absolute Gasteiger partial charge is 0.453 e. The van der Waals surface area contributed by atoms with E-state index in [0.717, 1.165) is 57.4 Å². The molecule has 2 aliphatic heterocycles. The molecule has 0 saturated carbocycles. The summed E-state index contributed by atoms with van der Waals surface area (Å²) in [7, 11) is 1.42. The van der Waals surface area contributed by atoms with Gasteiger partial charge in [-0.25, -0.2) is 4.79 Å². The minimum absolute atomic E-state index is 0.0408. The van der Waals surface area contributed by atoms with Gasteiger partial charge in [0.2, 0.25) is 5.91 Å². The van der Waals surface area contributed by atoms with Gasteiger partial charge in [-0.15, -0.1) is 0 Å². The SMILES string of the molecule is COC(=O)N1CCC(N2CCC[C@H](C(=O)NCc3cccnc3)C2)CC1. The lowest BCUT2D eigenvalue weighted by Gasteiger charge is -2.41. The monoisotopic (exact) mass is 360 g/mol. The molecule has 2 aliphatic rings. The molecule has 0 aromatic carbocycles. The highest BCUT2D eigenvalue weighted by atomic mass is 16.5.